The number of nitrogen functional groups attached to an aromatic ring is 1. The van der Waals surface area contributed by atoms with Crippen LogP contribution < -0.4 is 16.0 Å². The SMILES string of the molecule is Cc1cc(N)c(C=N)c(-c2c(N3CCN(C4(C)COC4)CC34CCC4)nn(C3CCNCC3)c2C)c1Cl. The number of aryl methyl sites for hydroxylation is 1. The quantitative estimate of drug-likeness (QED) is 0.401. The van der Waals surface area contributed by atoms with Gasteiger partial charge in [0.05, 0.1) is 35.4 Å². The summed E-state index contributed by atoms with van der Waals surface area (Å²) < 4.78 is 7.88. The topological polar surface area (TPSA) is 95.4 Å². The van der Waals surface area contributed by atoms with Crippen molar-refractivity contribution >= 4 is 29.3 Å². The summed E-state index contributed by atoms with van der Waals surface area (Å²) in [7, 11) is 0. The molecule has 0 unspecified atom stereocenters. The van der Waals surface area contributed by atoms with Gasteiger partial charge < -0.3 is 26.1 Å². The Morgan fingerprint density at radius 3 is 2.51 bits per heavy atom. The second-order valence-corrected chi connectivity index (χ2v) is 12.3. The monoisotopic (exact) mass is 525 g/mol. The predicted molar refractivity (Wildman–Crippen MR) is 150 cm³/mol. The average molecular weight is 526 g/mol. The first-order valence-corrected chi connectivity index (χ1v) is 14.2. The molecule has 4 N–H and O–H groups in total. The van der Waals surface area contributed by atoms with Crippen LogP contribution in [0.2, 0.25) is 5.02 Å². The number of piperazine rings is 1. The molecule has 200 valence electrons. The van der Waals surface area contributed by atoms with E-state index in [-0.39, 0.29) is 11.1 Å². The number of nitrogens with two attached hydrogens (primary N) is 1. The molecule has 8 nitrogen and oxygen atoms in total. The predicted octanol–water partition coefficient (Wildman–Crippen LogP) is 4.16. The molecule has 37 heavy (non-hydrogen) atoms. The van der Waals surface area contributed by atoms with Gasteiger partial charge in [-0.1, -0.05) is 11.6 Å². The van der Waals surface area contributed by atoms with Gasteiger partial charge in [-0.2, -0.15) is 5.10 Å². The first-order chi connectivity index (χ1) is 17.8. The summed E-state index contributed by atoms with van der Waals surface area (Å²) in [5.41, 5.74) is 11.9. The van der Waals surface area contributed by atoms with E-state index in [1.54, 1.807) is 0 Å². The Hall–Kier alpha value is -2.13. The first kappa shape index (κ1) is 25.2. The number of piperidine rings is 1. The normalized spacial score (nSPS) is 23.6. The van der Waals surface area contributed by atoms with Crippen molar-refractivity contribution in [2.45, 2.75) is 70.0 Å². The van der Waals surface area contributed by atoms with E-state index in [0.717, 1.165) is 87.0 Å². The Balaban J connectivity index is 1.51. The maximum absolute atomic E-state index is 8.25. The van der Waals surface area contributed by atoms with E-state index >= 15 is 0 Å². The molecular weight excluding hydrogens is 486 g/mol. The number of anilines is 2. The molecule has 3 aliphatic heterocycles. The van der Waals surface area contributed by atoms with Crippen molar-refractivity contribution in [3.05, 3.63) is 27.9 Å². The van der Waals surface area contributed by atoms with Gasteiger partial charge in [0.15, 0.2) is 5.82 Å². The maximum Gasteiger partial charge on any atom is 0.159 e. The summed E-state index contributed by atoms with van der Waals surface area (Å²) in [5.74, 6) is 1.01. The van der Waals surface area contributed by atoms with Crippen LogP contribution in [0.4, 0.5) is 11.5 Å². The number of nitrogens with one attached hydrogen (secondary N) is 2. The van der Waals surface area contributed by atoms with Crippen molar-refractivity contribution in [1.29, 1.82) is 5.41 Å². The van der Waals surface area contributed by atoms with Crippen molar-refractivity contribution in [2.24, 2.45) is 0 Å². The van der Waals surface area contributed by atoms with E-state index in [2.05, 4.69) is 33.6 Å². The van der Waals surface area contributed by atoms with Crippen LogP contribution in [-0.2, 0) is 4.74 Å². The number of halogens is 1. The van der Waals surface area contributed by atoms with Crippen molar-refractivity contribution < 1.29 is 4.74 Å². The minimum absolute atomic E-state index is 0.0675. The molecule has 3 saturated heterocycles. The molecule has 1 aromatic heterocycles. The van der Waals surface area contributed by atoms with Gasteiger partial charge in [-0.05, 0) is 77.6 Å². The fraction of sp³-hybridized carbons (Fsp3) is 0.643. The lowest BCUT2D eigenvalue weighted by Crippen LogP contribution is -2.72. The van der Waals surface area contributed by atoms with E-state index in [1.807, 2.05) is 13.0 Å². The highest BCUT2D eigenvalue weighted by atomic mass is 35.5. The Morgan fingerprint density at radius 2 is 1.92 bits per heavy atom. The number of rotatable bonds is 5. The molecule has 4 heterocycles. The van der Waals surface area contributed by atoms with E-state index in [9.17, 15) is 0 Å². The first-order valence-electron chi connectivity index (χ1n) is 13.8. The number of ether oxygens (including phenoxy) is 1. The minimum Gasteiger partial charge on any atom is -0.398 e. The van der Waals surface area contributed by atoms with Gasteiger partial charge in [0.25, 0.3) is 0 Å². The van der Waals surface area contributed by atoms with Crippen LogP contribution in [0.5, 0.6) is 0 Å². The van der Waals surface area contributed by atoms with E-state index in [0.29, 0.717) is 22.3 Å². The zero-order valence-corrected chi connectivity index (χ0v) is 23.1. The number of hydrogen-bond acceptors (Lipinski definition) is 7. The van der Waals surface area contributed by atoms with Crippen LogP contribution in [0.15, 0.2) is 6.07 Å². The van der Waals surface area contributed by atoms with Gasteiger partial charge in [-0.25, -0.2) is 0 Å². The molecule has 6 rings (SSSR count). The lowest BCUT2D eigenvalue weighted by molar-refractivity contribution is -0.143. The molecule has 4 fully saturated rings. The van der Waals surface area contributed by atoms with Crippen molar-refractivity contribution in [2.75, 3.05) is 56.6 Å². The molecule has 1 saturated carbocycles. The molecular formula is C28H40ClN7O. The smallest absolute Gasteiger partial charge is 0.159 e. The fourth-order valence-electron chi connectivity index (χ4n) is 6.99. The molecule has 1 spiro atoms. The van der Waals surface area contributed by atoms with Gasteiger partial charge in [-0.15, -0.1) is 0 Å². The number of hydrogen-bond donors (Lipinski definition) is 3. The third-order valence-corrected chi connectivity index (χ3v) is 9.97. The maximum atomic E-state index is 8.25. The van der Waals surface area contributed by atoms with E-state index < -0.39 is 0 Å². The molecule has 4 aliphatic rings. The summed E-state index contributed by atoms with van der Waals surface area (Å²) in [6.45, 7) is 13.1. The van der Waals surface area contributed by atoms with Crippen molar-refractivity contribution in [1.82, 2.24) is 20.0 Å². The van der Waals surface area contributed by atoms with Crippen LogP contribution in [-0.4, -0.2) is 77.9 Å². The largest absolute Gasteiger partial charge is 0.398 e. The Kier molecular flexibility index (Phi) is 6.30. The standard InChI is InChI=1S/C28H40ClN7O/c1-18-13-22(31)21(14-30)24(25(18)29)23-19(2)36(20-5-9-32-10-6-20)33-26(23)35-12-11-34(27(3)16-37-17-27)15-28(35)7-4-8-28/h13-14,20,30,32H,4-12,15-17,31H2,1-3H3. The second-order valence-electron chi connectivity index (χ2n) is 11.9. The van der Waals surface area contributed by atoms with Gasteiger partial charge in [0.2, 0.25) is 0 Å². The summed E-state index contributed by atoms with van der Waals surface area (Å²) >= 11 is 7.04. The van der Waals surface area contributed by atoms with Crippen LogP contribution in [0, 0.1) is 19.3 Å². The van der Waals surface area contributed by atoms with Crippen LogP contribution in [0.1, 0.15) is 61.9 Å². The molecule has 0 radical (unpaired) electrons. The number of benzene rings is 1. The minimum atomic E-state index is 0.0675. The molecule has 0 bridgehead atoms. The molecule has 1 aliphatic carbocycles. The lowest BCUT2D eigenvalue weighted by atomic mass is 9.72. The summed E-state index contributed by atoms with van der Waals surface area (Å²) in [5, 5.41) is 17.8. The summed E-state index contributed by atoms with van der Waals surface area (Å²) in [4.78, 5) is 5.25. The van der Waals surface area contributed by atoms with Gasteiger partial charge in [0, 0.05) is 53.9 Å². The van der Waals surface area contributed by atoms with Crippen LogP contribution in [0.25, 0.3) is 11.1 Å². The average Bonchev–Trinajstić information content (AvgIpc) is 3.20. The van der Waals surface area contributed by atoms with Crippen molar-refractivity contribution in [3.8, 4) is 11.1 Å². The Morgan fingerprint density at radius 1 is 1.19 bits per heavy atom. The third kappa shape index (κ3) is 3.90. The number of aromatic nitrogens is 2. The lowest BCUT2D eigenvalue weighted by Gasteiger charge is -2.61. The Labute approximate surface area is 225 Å². The van der Waals surface area contributed by atoms with Crippen LogP contribution in [0.3, 0.4) is 0 Å². The van der Waals surface area contributed by atoms with Gasteiger partial charge >= 0.3 is 0 Å². The molecule has 1 aromatic carbocycles. The Bertz CT molecular complexity index is 1210. The number of nitrogens with zero attached hydrogens (tertiary/aromatic N) is 4. The third-order valence-electron chi connectivity index (χ3n) is 9.48. The van der Waals surface area contributed by atoms with Gasteiger partial charge in [0.1, 0.15) is 0 Å². The zero-order valence-electron chi connectivity index (χ0n) is 22.4. The van der Waals surface area contributed by atoms with E-state index in [4.69, 9.17) is 32.6 Å². The van der Waals surface area contributed by atoms with Gasteiger partial charge in [-0.3, -0.25) is 9.58 Å². The fourth-order valence-corrected chi connectivity index (χ4v) is 7.24. The molecule has 9 heteroatoms. The van der Waals surface area contributed by atoms with E-state index in [1.165, 1.54) is 25.5 Å². The summed E-state index contributed by atoms with van der Waals surface area (Å²) in [6.07, 6.45) is 7.04. The highest BCUT2D eigenvalue weighted by molar-refractivity contribution is 6.35. The highest BCUT2D eigenvalue weighted by Gasteiger charge is 2.52. The zero-order chi connectivity index (χ0) is 25.9. The molecule has 0 atom stereocenters. The molecule has 0 amide bonds. The van der Waals surface area contributed by atoms with Crippen LogP contribution >= 0.6 is 11.6 Å². The summed E-state index contributed by atoms with van der Waals surface area (Å²) in [6, 6.07) is 2.23. The van der Waals surface area contributed by atoms with Crippen molar-refractivity contribution in [3.63, 3.8) is 0 Å². The highest BCUT2D eigenvalue weighted by Crippen LogP contribution is 2.50. The second kappa shape index (κ2) is 9.26. The molecule has 2 aromatic rings.